The second-order valence-corrected chi connectivity index (χ2v) is 10.0. The standard InChI is InChI=1S/C16H23IN4S2/c1-3-22-10-12-4-6-13(7-5-12)20(2)15-14-8-9-21(17)23-16(14)19-11-18-15/h8-9,11-13H,3-7,10H2,1-2H3. The summed E-state index contributed by atoms with van der Waals surface area (Å²) < 4.78 is 2.05. The Kier molecular flexibility index (Phi) is 6.37. The topological polar surface area (TPSA) is 32.3 Å². The highest BCUT2D eigenvalue weighted by Gasteiger charge is 2.27. The minimum atomic E-state index is 0.605. The molecule has 1 fully saturated rings. The van der Waals surface area contributed by atoms with Crippen molar-refractivity contribution in [2.75, 3.05) is 23.5 Å². The van der Waals surface area contributed by atoms with E-state index in [4.69, 9.17) is 0 Å². The minimum Gasteiger partial charge on any atom is -0.356 e. The van der Waals surface area contributed by atoms with E-state index in [0.717, 1.165) is 22.3 Å². The maximum absolute atomic E-state index is 4.59. The Bertz CT molecular complexity index is 561. The Morgan fingerprint density at radius 2 is 2.13 bits per heavy atom. The van der Waals surface area contributed by atoms with Crippen molar-refractivity contribution in [3.63, 3.8) is 0 Å². The molecular formula is C16H23IN4S2. The Morgan fingerprint density at radius 1 is 1.35 bits per heavy atom. The molecule has 1 aliphatic heterocycles. The lowest BCUT2D eigenvalue weighted by Crippen LogP contribution is -2.36. The van der Waals surface area contributed by atoms with Crippen LogP contribution in [-0.2, 0) is 0 Å². The Morgan fingerprint density at radius 3 is 2.87 bits per heavy atom. The molecule has 0 atom stereocenters. The van der Waals surface area contributed by atoms with Crippen molar-refractivity contribution in [1.29, 1.82) is 0 Å². The second kappa shape index (κ2) is 8.29. The average Bonchev–Trinajstić information content (AvgIpc) is 2.59. The predicted octanol–water partition coefficient (Wildman–Crippen LogP) is 4.87. The maximum atomic E-state index is 4.59. The molecule has 1 aromatic heterocycles. The number of hydrogen-bond acceptors (Lipinski definition) is 6. The molecule has 2 aliphatic rings. The SMILES string of the molecule is CCSCC1CCC(N(C)c2ncnc3c2C=CN(I)S3)CC1. The molecule has 0 unspecified atom stereocenters. The highest BCUT2D eigenvalue weighted by atomic mass is 127. The summed E-state index contributed by atoms with van der Waals surface area (Å²) in [6, 6.07) is 0.605. The number of hydrogen-bond donors (Lipinski definition) is 0. The lowest BCUT2D eigenvalue weighted by molar-refractivity contribution is 0.344. The van der Waals surface area contributed by atoms with Gasteiger partial charge in [-0.2, -0.15) is 11.8 Å². The van der Waals surface area contributed by atoms with E-state index in [2.05, 4.69) is 75.7 Å². The van der Waals surface area contributed by atoms with Crippen LogP contribution in [0, 0.1) is 5.92 Å². The van der Waals surface area contributed by atoms with Crippen LogP contribution < -0.4 is 4.90 Å². The number of fused-ring (bicyclic) bond motifs is 1. The lowest BCUT2D eigenvalue weighted by atomic mass is 9.86. The number of thioether (sulfide) groups is 1. The van der Waals surface area contributed by atoms with Gasteiger partial charge in [0.1, 0.15) is 17.2 Å². The second-order valence-electron chi connectivity index (χ2n) is 6.04. The molecule has 0 aromatic carbocycles. The van der Waals surface area contributed by atoms with Crippen molar-refractivity contribution >= 4 is 58.5 Å². The molecule has 0 saturated heterocycles. The first kappa shape index (κ1) is 17.7. The third-order valence-electron chi connectivity index (χ3n) is 4.61. The van der Waals surface area contributed by atoms with Crippen molar-refractivity contribution < 1.29 is 0 Å². The van der Waals surface area contributed by atoms with Crippen LogP contribution in [0.1, 0.15) is 38.2 Å². The monoisotopic (exact) mass is 462 g/mol. The molecule has 1 saturated carbocycles. The zero-order valence-corrected chi connectivity index (χ0v) is 17.4. The predicted molar refractivity (Wildman–Crippen MR) is 110 cm³/mol. The fraction of sp³-hybridized carbons (Fsp3) is 0.625. The van der Waals surface area contributed by atoms with Crippen molar-refractivity contribution in [3.05, 3.63) is 18.1 Å². The normalized spacial score (nSPS) is 23.7. The molecule has 0 N–H and O–H groups in total. The van der Waals surface area contributed by atoms with E-state index in [1.54, 1.807) is 18.3 Å². The van der Waals surface area contributed by atoms with E-state index in [9.17, 15) is 0 Å². The molecule has 2 heterocycles. The number of anilines is 1. The molecule has 1 aromatic rings. The Balaban J connectivity index is 1.67. The van der Waals surface area contributed by atoms with Crippen molar-refractivity contribution in [2.24, 2.45) is 5.92 Å². The number of nitrogens with zero attached hydrogens (tertiary/aromatic N) is 4. The Hall–Kier alpha value is -0.150. The van der Waals surface area contributed by atoms with Gasteiger partial charge in [-0.15, -0.1) is 0 Å². The minimum absolute atomic E-state index is 0.605. The third kappa shape index (κ3) is 4.28. The van der Waals surface area contributed by atoms with E-state index < -0.39 is 0 Å². The van der Waals surface area contributed by atoms with Gasteiger partial charge in [0.15, 0.2) is 0 Å². The van der Waals surface area contributed by atoms with Gasteiger partial charge >= 0.3 is 0 Å². The van der Waals surface area contributed by atoms with E-state index >= 15 is 0 Å². The summed E-state index contributed by atoms with van der Waals surface area (Å²) in [5.74, 6) is 4.56. The van der Waals surface area contributed by atoms with Crippen LogP contribution in [0.4, 0.5) is 5.82 Å². The first-order chi connectivity index (χ1) is 11.2. The molecule has 0 bridgehead atoms. The van der Waals surface area contributed by atoms with Crippen LogP contribution in [0.5, 0.6) is 0 Å². The summed E-state index contributed by atoms with van der Waals surface area (Å²) in [7, 11) is 2.20. The van der Waals surface area contributed by atoms with E-state index in [0.29, 0.717) is 6.04 Å². The first-order valence-electron chi connectivity index (χ1n) is 8.15. The first-order valence-corrected chi connectivity index (χ1v) is 11.0. The Labute approximate surface area is 161 Å². The maximum Gasteiger partial charge on any atom is 0.140 e. The molecule has 7 heteroatoms. The highest BCUT2D eigenvalue weighted by molar-refractivity contribution is 14.1. The van der Waals surface area contributed by atoms with E-state index in [-0.39, 0.29) is 0 Å². The molecule has 126 valence electrons. The molecule has 3 rings (SSSR count). The molecule has 0 radical (unpaired) electrons. The molecule has 23 heavy (non-hydrogen) atoms. The number of rotatable bonds is 5. The van der Waals surface area contributed by atoms with Gasteiger partial charge in [-0.1, -0.05) is 6.92 Å². The quantitative estimate of drug-likeness (QED) is 0.269. The van der Waals surface area contributed by atoms with Gasteiger partial charge in [-0.05, 0) is 49.2 Å². The summed E-state index contributed by atoms with van der Waals surface area (Å²) in [5, 5.41) is 1.05. The van der Waals surface area contributed by atoms with Crippen LogP contribution in [-0.4, -0.2) is 37.1 Å². The highest BCUT2D eigenvalue weighted by Crippen LogP contribution is 2.38. The third-order valence-corrected chi connectivity index (χ3v) is 7.44. The van der Waals surface area contributed by atoms with Crippen LogP contribution in [0.25, 0.3) is 6.08 Å². The van der Waals surface area contributed by atoms with Gasteiger partial charge in [-0.3, -0.25) is 2.52 Å². The molecular weight excluding hydrogens is 439 g/mol. The summed E-state index contributed by atoms with van der Waals surface area (Å²) in [6.07, 6.45) is 11.2. The van der Waals surface area contributed by atoms with E-state index in [1.165, 1.54) is 37.2 Å². The van der Waals surface area contributed by atoms with Crippen LogP contribution in [0.2, 0.25) is 0 Å². The van der Waals surface area contributed by atoms with Crippen molar-refractivity contribution in [2.45, 2.75) is 43.7 Å². The summed E-state index contributed by atoms with van der Waals surface area (Å²) in [4.78, 5) is 11.4. The van der Waals surface area contributed by atoms with Gasteiger partial charge in [0.25, 0.3) is 0 Å². The van der Waals surface area contributed by atoms with Gasteiger partial charge in [0.2, 0.25) is 0 Å². The van der Waals surface area contributed by atoms with Gasteiger partial charge in [-0.25, -0.2) is 9.97 Å². The van der Waals surface area contributed by atoms with Gasteiger partial charge in [0, 0.05) is 31.2 Å². The number of halogens is 1. The molecule has 1 aliphatic carbocycles. The fourth-order valence-electron chi connectivity index (χ4n) is 3.27. The van der Waals surface area contributed by atoms with Gasteiger partial charge < -0.3 is 4.90 Å². The fourth-order valence-corrected chi connectivity index (χ4v) is 5.53. The van der Waals surface area contributed by atoms with Gasteiger partial charge in [0.05, 0.1) is 28.4 Å². The summed E-state index contributed by atoms with van der Waals surface area (Å²) in [6.45, 7) is 2.25. The zero-order valence-electron chi connectivity index (χ0n) is 13.6. The zero-order chi connectivity index (χ0) is 16.2. The van der Waals surface area contributed by atoms with Crippen LogP contribution >= 0.6 is 46.6 Å². The summed E-state index contributed by atoms with van der Waals surface area (Å²) in [5.41, 5.74) is 1.16. The van der Waals surface area contributed by atoms with Crippen LogP contribution in [0.15, 0.2) is 17.6 Å². The molecule has 4 nitrogen and oxygen atoms in total. The average molecular weight is 462 g/mol. The van der Waals surface area contributed by atoms with E-state index in [1.807, 2.05) is 2.52 Å². The van der Waals surface area contributed by atoms with Crippen molar-refractivity contribution in [3.8, 4) is 0 Å². The molecule has 0 spiro atoms. The lowest BCUT2D eigenvalue weighted by Gasteiger charge is -2.36. The smallest absolute Gasteiger partial charge is 0.140 e. The number of aromatic nitrogens is 2. The summed E-state index contributed by atoms with van der Waals surface area (Å²) >= 11 is 6.01. The molecule has 0 amide bonds. The van der Waals surface area contributed by atoms with Crippen molar-refractivity contribution in [1.82, 2.24) is 12.5 Å². The largest absolute Gasteiger partial charge is 0.356 e. The van der Waals surface area contributed by atoms with Crippen LogP contribution in [0.3, 0.4) is 0 Å².